The first-order valence-corrected chi connectivity index (χ1v) is 7.93. The molecule has 5 heteroatoms. The number of benzene rings is 1. The SMILES string of the molecule is CNc1nc(-c2ccc(Br)cc2)nc(C(C)(C)C)c1Br. The number of nitrogens with one attached hydrogen (secondary N) is 1. The van der Waals surface area contributed by atoms with E-state index in [1.54, 1.807) is 0 Å². The van der Waals surface area contributed by atoms with Crippen molar-refractivity contribution in [2.24, 2.45) is 0 Å². The number of nitrogens with zero attached hydrogens (tertiary/aromatic N) is 2. The molecule has 1 heterocycles. The van der Waals surface area contributed by atoms with Crippen LogP contribution in [-0.4, -0.2) is 17.0 Å². The molecule has 0 fully saturated rings. The molecule has 0 unspecified atom stereocenters. The van der Waals surface area contributed by atoms with E-state index in [-0.39, 0.29) is 5.41 Å². The molecular formula is C15H17Br2N3. The Kier molecular flexibility index (Phi) is 4.49. The van der Waals surface area contributed by atoms with Gasteiger partial charge in [-0.05, 0) is 28.1 Å². The van der Waals surface area contributed by atoms with Crippen LogP contribution < -0.4 is 5.32 Å². The van der Waals surface area contributed by atoms with E-state index < -0.39 is 0 Å². The number of aromatic nitrogens is 2. The van der Waals surface area contributed by atoms with Crippen LogP contribution in [0.4, 0.5) is 5.82 Å². The van der Waals surface area contributed by atoms with Gasteiger partial charge in [0.25, 0.3) is 0 Å². The minimum Gasteiger partial charge on any atom is -0.372 e. The normalized spacial score (nSPS) is 11.5. The van der Waals surface area contributed by atoms with Crippen molar-refractivity contribution < 1.29 is 0 Å². The molecule has 1 N–H and O–H groups in total. The van der Waals surface area contributed by atoms with Crippen molar-refractivity contribution in [1.82, 2.24) is 9.97 Å². The Morgan fingerprint density at radius 3 is 2.10 bits per heavy atom. The third-order valence-corrected chi connectivity index (χ3v) is 4.18. The van der Waals surface area contributed by atoms with E-state index in [4.69, 9.17) is 4.98 Å². The molecule has 2 aromatic rings. The molecule has 0 amide bonds. The quantitative estimate of drug-likeness (QED) is 0.772. The van der Waals surface area contributed by atoms with Crippen molar-refractivity contribution in [3.63, 3.8) is 0 Å². The van der Waals surface area contributed by atoms with Crippen LogP contribution in [0.15, 0.2) is 33.2 Å². The first-order chi connectivity index (χ1) is 9.32. The molecule has 0 radical (unpaired) electrons. The fraction of sp³-hybridized carbons (Fsp3) is 0.333. The van der Waals surface area contributed by atoms with Gasteiger partial charge < -0.3 is 5.32 Å². The highest BCUT2D eigenvalue weighted by Gasteiger charge is 2.23. The highest BCUT2D eigenvalue weighted by Crippen LogP contribution is 2.34. The van der Waals surface area contributed by atoms with Gasteiger partial charge in [0.1, 0.15) is 5.82 Å². The Balaban J connectivity index is 2.63. The Morgan fingerprint density at radius 2 is 1.60 bits per heavy atom. The second-order valence-corrected chi connectivity index (χ2v) is 7.27. The lowest BCUT2D eigenvalue weighted by molar-refractivity contribution is 0.564. The van der Waals surface area contributed by atoms with Crippen molar-refractivity contribution in [2.75, 3.05) is 12.4 Å². The summed E-state index contributed by atoms with van der Waals surface area (Å²) in [5, 5.41) is 3.12. The van der Waals surface area contributed by atoms with Crippen LogP contribution in [-0.2, 0) is 5.41 Å². The third kappa shape index (κ3) is 3.20. The fourth-order valence-corrected chi connectivity index (χ4v) is 3.07. The second-order valence-electron chi connectivity index (χ2n) is 5.57. The average Bonchev–Trinajstić information content (AvgIpc) is 2.38. The maximum absolute atomic E-state index is 4.74. The highest BCUT2D eigenvalue weighted by atomic mass is 79.9. The zero-order chi connectivity index (χ0) is 14.9. The maximum Gasteiger partial charge on any atom is 0.161 e. The molecule has 0 saturated carbocycles. The predicted molar refractivity (Wildman–Crippen MR) is 91.1 cm³/mol. The minimum absolute atomic E-state index is 0.0580. The van der Waals surface area contributed by atoms with E-state index in [0.717, 1.165) is 31.8 Å². The van der Waals surface area contributed by atoms with Gasteiger partial charge in [-0.25, -0.2) is 9.97 Å². The lowest BCUT2D eigenvalue weighted by Crippen LogP contribution is -2.17. The van der Waals surface area contributed by atoms with Gasteiger partial charge in [-0.15, -0.1) is 0 Å². The lowest BCUT2D eigenvalue weighted by atomic mass is 9.91. The van der Waals surface area contributed by atoms with Crippen LogP contribution in [0, 0.1) is 0 Å². The van der Waals surface area contributed by atoms with Gasteiger partial charge in [0.15, 0.2) is 5.82 Å². The molecule has 1 aromatic carbocycles. The van der Waals surface area contributed by atoms with Gasteiger partial charge in [-0.1, -0.05) is 48.8 Å². The molecule has 0 spiro atoms. The predicted octanol–water partition coefficient (Wildman–Crippen LogP) is 5.01. The maximum atomic E-state index is 4.74. The van der Waals surface area contributed by atoms with E-state index in [9.17, 15) is 0 Å². The molecule has 0 aliphatic heterocycles. The molecule has 0 atom stereocenters. The molecule has 3 nitrogen and oxygen atoms in total. The van der Waals surface area contributed by atoms with Crippen molar-refractivity contribution in [3.8, 4) is 11.4 Å². The van der Waals surface area contributed by atoms with Crippen LogP contribution in [0.3, 0.4) is 0 Å². The van der Waals surface area contributed by atoms with Crippen LogP contribution in [0.25, 0.3) is 11.4 Å². The van der Waals surface area contributed by atoms with Gasteiger partial charge in [-0.2, -0.15) is 0 Å². The summed E-state index contributed by atoms with van der Waals surface area (Å²) >= 11 is 7.04. The monoisotopic (exact) mass is 397 g/mol. The van der Waals surface area contributed by atoms with E-state index >= 15 is 0 Å². The summed E-state index contributed by atoms with van der Waals surface area (Å²) in [4.78, 5) is 9.32. The molecule has 0 aliphatic carbocycles. The van der Waals surface area contributed by atoms with Crippen molar-refractivity contribution >= 4 is 37.7 Å². The number of anilines is 1. The van der Waals surface area contributed by atoms with Crippen LogP contribution in [0.1, 0.15) is 26.5 Å². The number of hydrogen-bond donors (Lipinski definition) is 1. The van der Waals surface area contributed by atoms with Crippen LogP contribution in [0.2, 0.25) is 0 Å². The molecule has 0 saturated heterocycles. The second kappa shape index (κ2) is 5.82. The smallest absolute Gasteiger partial charge is 0.161 e. The first-order valence-electron chi connectivity index (χ1n) is 6.34. The summed E-state index contributed by atoms with van der Waals surface area (Å²) in [5.41, 5.74) is 1.94. The molecule has 1 aromatic heterocycles. The summed E-state index contributed by atoms with van der Waals surface area (Å²) in [6.07, 6.45) is 0. The highest BCUT2D eigenvalue weighted by molar-refractivity contribution is 9.11. The third-order valence-electron chi connectivity index (χ3n) is 2.90. The van der Waals surface area contributed by atoms with Crippen molar-refractivity contribution in [1.29, 1.82) is 0 Å². The van der Waals surface area contributed by atoms with E-state index in [0.29, 0.717) is 0 Å². The van der Waals surface area contributed by atoms with E-state index in [2.05, 4.69) is 62.9 Å². The summed E-state index contributed by atoms with van der Waals surface area (Å²) in [6, 6.07) is 8.02. The summed E-state index contributed by atoms with van der Waals surface area (Å²) in [5.74, 6) is 1.54. The van der Waals surface area contributed by atoms with Crippen molar-refractivity contribution in [2.45, 2.75) is 26.2 Å². The van der Waals surface area contributed by atoms with E-state index in [1.807, 2.05) is 31.3 Å². The van der Waals surface area contributed by atoms with Crippen LogP contribution >= 0.6 is 31.9 Å². The fourth-order valence-electron chi connectivity index (χ4n) is 1.84. The van der Waals surface area contributed by atoms with Gasteiger partial charge in [0.05, 0.1) is 10.2 Å². The topological polar surface area (TPSA) is 37.8 Å². The molecule has 2 rings (SSSR count). The van der Waals surface area contributed by atoms with Gasteiger partial charge >= 0.3 is 0 Å². The average molecular weight is 399 g/mol. The largest absolute Gasteiger partial charge is 0.372 e. The number of rotatable bonds is 2. The number of hydrogen-bond acceptors (Lipinski definition) is 3. The lowest BCUT2D eigenvalue weighted by Gasteiger charge is -2.21. The van der Waals surface area contributed by atoms with Crippen LogP contribution in [0.5, 0.6) is 0 Å². The summed E-state index contributed by atoms with van der Waals surface area (Å²) in [6.45, 7) is 6.43. The zero-order valence-electron chi connectivity index (χ0n) is 12.0. The summed E-state index contributed by atoms with van der Waals surface area (Å²) < 4.78 is 1.97. The molecule has 0 aliphatic rings. The molecule has 106 valence electrons. The Hall–Kier alpha value is -0.940. The van der Waals surface area contributed by atoms with Gasteiger partial charge in [0.2, 0.25) is 0 Å². The minimum atomic E-state index is -0.0580. The van der Waals surface area contributed by atoms with Gasteiger partial charge in [0, 0.05) is 22.5 Å². The van der Waals surface area contributed by atoms with Gasteiger partial charge in [-0.3, -0.25) is 0 Å². The number of halogens is 2. The van der Waals surface area contributed by atoms with E-state index in [1.165, 1.54) is 0 Å². The molecule has 20 heavy (non-hydrogen) atoms. The Labute approximate surface area is 136 Å². The Morgan fingerprint density at radius 1 is 1.00 bits per heavy atom. The van der Waals surface area contributed by atoms with Crippen molar-refractivity contribution in [3.05, 3.63) is 38.9 Å². The Bertz CT molecular complexity index is 616. The standard InChI is InChI=1S/C15H17Br2N3/c1-15(2,3)12-11(17)14(18-4)20-13(19-12)9-5-7-10(16)8-6-9/h5-8H,1-4H3,(H,18,19,20). The first kappa shape index (κ1) is 15.4. The zero-order valence-corrected chi connectivity index (χ0v) is 15.1. The molecular weight excluding hydrogens is 382 g/mol. The summed E-state index contributed by atoms with van der Waals surface area (Å²) in [7, 11) is 1.87. The molecule has 0 bridgehead atoms.